The molecule has 1 aliphatic rings. The molecule has 0 radical (unpaired) electrons. The van der Waals surface area contributed by atoms with Crippen LogP contribution in [0.25, 0.3) is 10.9 Å². The summed E-state index contributed by atoms with van der Waals surface area (Å²) in [7, 11) is -1.83. The number of nitrogens with one attached hydrogen (secondary N) is 2. The summed E-state index contributed by atoms with van der Waals surface area (Å²) in [6.07, 6.45) is 4.04. The van der Waals surface area contributed by atoms with Crippen LogP contribution >= 0.6 is 0 Å². The number of aliphatic imine (C=N–C) groups is 1. The summed E-state index contributed by atoms with van der Waals surface area (Å²) in [5, 5.41) is 8.39. The van der Waals surface area contributed by atoms with E-state index >= 15 is 0 Å². The maximum absolute atomic E-state index is 13.0. The number of anilines is 2. The van der Waals surface area contributed by atoms with Crippen LogP contribution < -0.4 is 10.9 Å². The molecule has 2 N–H and O–H groups in total. The van der Waals surface area contributed by atoms with Gasteiger partial charge in [-0.05, 0) is 84.7 Å². The number of pyridine rings is 1. The number of hydrogen-bond donors (Lipinski definition) is 2. The third kappa shape index (κ3) is 6.23. The third-order valence-electron chi connectivity index (χ3n) is 7.04. The quantitative estimate of drug-likeness (QED) is 0.308. The standard InChI is InChI=1S/C29H39N5O6S/c1-27(2,3)40-26(36)22-12-14-29(18-39-22,15-17-30-7)34-21-13-16-31-25(35)23(21)24(33-34)32-19-8-10-20(11-9-19)41(37,38)28(4,5)6/h8-11,13,16-17,22H,12,14-15,18H2,1-7H3,(H,31,35)(H,32,33)/t22-,29-/m0/s1. The SMILES string of the molecule is CN=CC[C@@]1(n2nc(Nc3ccc(S(=O)(=O)C(C)(C)C)cc3)c3c(=O)[nH]ccc32)CC[C@@H](C(=O)OC(C)(C)C)OC1. The first-order valence-corrected chi connectivity index (χ1v) is 15.0. The molecule has 0 amide bonds. The summed E-state index contributed by atoms with van der Waals surface area (Å²) >= 11 is 0. The van der Waals surface area contributed by atoms with Gasteiger partial charge in [-0.1, -0.05) is 0 Å². The second-order valence-corrected chi connectivity index (χ2v) is 15.0. The Bertz CT molecular complexity index is 1600. The molecule has 222 valence electrons. The van der Waals surface area contributed by atoms with Gasteiger partial charge in [0, 0.05) is 31.6 Å². The van der Waals surface area contributed by atoms with E-state index in [4.69, 9.17) is 14.6 Å². The highest BCUT2D eigenvalue weighted by molar-refractivity contribution is 7.92. The van der Waals surface area contributed by atoms with Crippen LogP contribution in [-0.4, -0.2) is 65.5 Å². The summed E-state index contributed by atoms with van der Waals surface area (Å²) in [5.74, 6) is -0.0911. The largest absolute Gasteiger partial charge is 0.458 e. The number of sulfone groups is 1. The maximum atomic E-state index is 13.0. The monoisotopic (exact) mass is 585 g/mol. The number of hydrogen-bond acceptors (Lipinski definition) is 9. The van der Waals surface area contributed by atoms with Gasteiger partial charge in [-0.25, -0.2) is 13.2 Å². The van der Waals surface area contributed by atoms with Crippen molar-refractivity contribution >= 4 is 44.4 Å². The first-order chi connectivity index (χ1) is 19.1. The topological polar surface area (TPSA) is 145 Å². The molecular weight excluding hydrogens is 546 g/mol. The number of benzene rings is 1. The fourth-order valence-electron chi connectivity index (χ4n) is 4.77. The van der Waals surface area contributed by atoms with Crippen LogP contribution in [0.4, 0.5) is 11.5 Å². The summed E-state index contributed by atoms with van der Waals surface area (Å²) in [6, 6.07) is 8.15. The van der Waals surface area contributed by atoms with E-state index in [9.17, 15) is 18.0 Å². The maximum Gasteiger partial charge on any atom is 0.335 e. The molecule has 1 aliphatic heterocycles. The zero-order valence-corrected chi connectivity index (χ0v) is 25.5. The van der Waals surface area contributed by atoms with Gasteiger partial charge in [0.25, 0.3) is 5.56 Å². The molecule has 0 unspecified atom stereocenters. The molecule has 2 atom stereocenters. The van der Waals surface area contributed by atoms with Crippen molar-refractivity contribution in [1.82, 2.24) is 14.8 Å². The van der Waals surface area contributed by atoms with Crippen LogP contribution in [0.1, 0.15) is 60.8 Å². The second kappa shape index (κ2) is 11.1. The molecule has 1 aromatic carbocycles. The number of fused-ring (bicyclic) bond motifs is 1. The summed E-state index contributed by atoms with van der Waals surface area (Å²) in [4.78, 5) is 32.8. The number of aromatic amines is 1. The van der Waals surface area contributed by atoms with Gasteiger partial charge in [0.15, 0.2) is 21.8 Å². The number of H-pyrrole nitrogens is 1. The van der Waals surface area contributed by atoms with E-state index in [0.29, 0.717) is 41.7 Å². The molecule has 1 saturated heterocycles. The number of nitrogens with zero attached hydrogens (tertiary/aromatic N) is 3. The van der Waals surface area contributed by atoms with Crippen molar-refractivity contribution in [2.24, 2.45) is 4.99 Å². The number of carbonyl (C=O) groups is 1. The number of aromatic nitrogens is 3. The van der Waals surface area contributed by atoms with E-state index in [0.717, 1.165) is 0 Å². The summed E-state index contributed by atoms with van der Waals surface area (Å²) in [6.45, 7) is 10.6. The van der Waals surface area contributed by atoms with E-state index in [2.05, 4.69) is 15.3 Å². The lowest BCUT2D eigenvalue weighted by Gasteiger charge is -2.39. The molecule has 4 rings (SSSR count). The molecule has 3 heterocycles. The van der Waals surface area contributed by atoms with E-state index in [1.807, 2.05) is 20.8 Å². The van der Waals surface area contributed by atoms with Crippen molar-refractivity contribution in [2.75, 3.05) is 19.0 Å². The van der Waals surface area contributed by atoms with Crippen molar-refractivity contribution in [2.45, 2.75) is 87.7 Å². The average Bonchev–Trinajstić information content (AvgIpc) is 3.26. The van der Waals surface area contributed by atoms with E-state index in [-0.39, 0.29) is 17.1 Å². The Morgan fingerprint density at radius 1 is 1.22 bits per heavy atom. The van der Waals surface area contributed by atoms with Gasteiger partial charge in [-0.15, -0.1) is 0 Å². The molecule has 0 aliphatic carbocycles. The Hall–Kier alpha value is -3.51. The molecule has 0 bridgehead atoms. The molecular formula is C29H39N5O6S. The first-order valence-electron chi connectivity index (χ1n) is 13.6. The van der Waals surface area contributed by atoms with Crippen LogP contribution in [0.15, 0.2) is 51.2 Å². The fourth-order valence-corrected chi connectivity index (χ4v) is 5.98. The molecule has 3 aromatic rings. The number of ether oxygens (including phenoxy) is 2. The molecule has 41 heavy (non-hydrogen) atoms. The lowest BCUT2D eigenvalue weighted by molar-refractivity contribution is -0.176. The van der Waals surface area contributed by atoms with Crippen LogP contribution in [0, 0.1) is 0 Å². The van der Waals surface area contributed by atoms with Gasteiger partial charge < -0.3 is 24.8 Å². The lowest BCUT2D eigenvalue weighted by atomic mass is 9.87. The van der Waals surface area contributed by atoms with Crippen molar-refractivity contribution in [3.63, 3.8) is 0 Å². The molecule has 11 nitrogen and oxygen atoms in total. The van der Waals surface area contributed by atoms with Crippen molar-refractivity contribution < 1.29 is 22.7 Å². The van der Waals surface area contributed by atoms with Crippen LogP contribution in [0.2, 0.25) is 0 Å². The highest BCUT2D eigenvalue weighted by Gasteiger charge is 2.42. The predicted molar refractivity (Wildman–Crippen MR) is 159 cm³/mol. The Morgan fingerprint density at radius 3 is 2.46 bits per heavy atom. The van der Waals surface area contributed by atoms with Gasteiger partial charge in [0.2, 0.25) is 0 Å². The third-order valence-corrected chi connectivity index (χ3v) is 9.54. The second-order valence-electron chi connectivity index (χ2n) is 12.3. The molecule has 1 fully saturated rings. The Labute approximate surface area is 240 Å². The van der Waals surface area contributed by atoms with E-state index < -0.39 is 37.8 Å². The minimum atomic E-state index is -3.52. The van der Waals surface area contributed by atoms with Crippen molar-refractivity contribution in [3.8, 4) is 0 Å². The highest BCUT2D eigenvalue weighted by atomic mass is 32.2. The molecule has 0 spiro atoms. The minimum Gasteiger partial charge on any atom is -0.458 e. The molecule has 0 saturated carbocycles. The fraction of sp³-hybridized carbons (Fsp3) is 0.517. The van der Waals surface area contributed by atoms with Gasteiger partial charge >= 0.3 is 5.97 Å². The summed E-state index contributed by atoms with van der Waals surface area (Å²) in [5.41, 5.74) is -0.507. The summed E-state index contributed by atoms with van der Waals surface area (Å²) < 4.78 is 38.1. The van der Waals surface area contributed by atoms with Crippen molar-refractivity contribution in [1.29, 1.82) is 0 Å². The molecule has 12 heteroatoms. The van der Waals surface area contributed by atoms with Crippen LogP contribution in [0.5, 0.6) is 0 Å². The Morgan fingerprint density at radius 2 is 1.90 bits per heavy atom. The van der Waals surface area contributed by atoms with Gasteiger partial charge in [-0.2, -0.15) is 5.10 Å². The number of esters is 1. The molecule has 2 aromatic heterocycles. The van der Waals surface area contributed by atoms with Gasteiger partial charge in [-0.3, -0.25) is 9.48 Å². The van der Waals surface area contributed by atoms with Crippen LogP contribution in [-0.2, 0) is 29.6 Å². The average molecular weight is 586 g/mol. The number of rotatable bonds is 7. The zero-order valence-electron chi connectivity index (χ0n) is 24.6. The lowest BCUT2D eigenvalue weighted by Crippen LogP contribution is -2.48. The number of carbonyl (C=O) groups excluding carboxylic acids is 1. The Kier molecular flexibility index (Phi) is 8.21. The van der Waals surface area contributed by atoms with Crippen LogP contribution in [0.3, 0.4) is 0 Å². The smallest absolute Gasteiger partial charge is 0.335 e. The Balaban J connectivity index is 1.70. The van der Waals surface area contributed by atoms with E-state index in [1.54, 1.807) is 63.1 Å². The van der Waals surface area contributed by atoms with E-state index in [1.165, 1.54) is 12.1 Å². The van der Waals surface area contributed by atoms with Crippen molar-refractivity contribution in [3.05, 3.63) is 46.9 Å². The minimum absolute atomic E-state index is 0.158. The first kappa shape index (κ1) is 30.4. The van der Waals surface area contributed by atoms with Gasteiger partial charge in [0.1, 0.15) is 11.0 Å². The predicted octanol–water partition coefficient (Wildman–Crippen LogP) is 4.35. The highest BCUT2D eigenvalue weighted by Crippen LogP contribution is 2.37. The zero-order chi connectivity index (χ0) is 30.2. The normalized spacial score (nSPS) is 20.4. The van der Waals surface area contributed by atoms with Gasteiger partial charge in [0.05, 0.1) is 27.3 Å².